The van der Waals surface area contributed by atoms with E-state index in [2.05, 4.69) is 4.98 Å². The lowest BCUT2D eigenvalue weighted by Gasteiger charge is -2.04. The summed E-state index contributed by atoms with van der Waals surface area (Å²) < 4.78 is 11.3. The van der Waals surface area contributed by atoms with Gasteiger partial charge in [0.1, 0.15) is 17.9 Å². The van der Waals surface area contributed by atoms with Crippen molar-refractivity contribution in [2.75, 3.05) is 0 Å². The molecule has 19 heavy (non-hydrogen) atoms. The summed E-state index contributed by atoms with van der Waals surface area (Å²) in [5.74, 6) is 0.742. The van der Waals surface area contributed by atoms with Crippen LogP contribution in [0.1, 0.15) is 11.1 Å². The molecule has 0 fully saturated rings. The highest BCUT2D eigenvalue weighted by Crippen LogP contribution is 2.25. The van der Waals surface area contributed by atoms with E-state index in [-0.39, 0.29) is 0 Å². The Morgan fingerprint density at radius 1 is 1.16 bits per heavy atom. The predicted molar refractivity (Wildman–Crippen MR) is 72.7 cm³/mol. The highest BCUT2D eigenvalue weighted by molar-refractivity contribution is 5.83. The molecule has 4 heteroatoms. The summed E-state index contributed by atoms with van der Waals surface area (Å²) in [7, 11) is 0. The van der Waals surface area contributed by atoms with Crippen LogP contribution >= 0.6 is 0 Å². The van der Waals surface area contributed by atoms with Crippen molar-refractivity contribution in [3.05, 3.63) is 60.1 Å². The van der Waals surface area contributed by atoms with Crippen molar-refractivity contribution in [1.82, 2.24) is 4.98 Å². The second-order valence-corrected chi connectivity index (χ2v) is 4.24. The van der Waals surface area contributed by atoms with Crippen LogP contribution < -0.4 is 10.5 Å². The Bertz CT molecular complexity index is 677. The average molecular weight is 254 g/mol. The number of rotatable bonds is 4. The van der Waals surface area contributed by atoms with Crippen molar-refractivity contribution in [3.63, 3.8) is 0 Å². The predicted octanol–water partition coefficient (Wildman–Crippen LogP) is 2.87. The van der Waals surface area contributed by atoms with Gasteiger partial charge < -0.3 is 14.9 Å². The van der Waals surface area contributed by atoms with E-state index in [4.69, 9.17) is 14.9 Å². The summed E-state index contributed by atoms with van der Waals surface area (Å²) in [5, 5.41) is 1.05. The smallest absolute Gasteiger partial charge is 0.138 e. The summed E-state index contributed by atoms with van der Waals surface area (Å²) in [5.41, 5.74) is 8.55. The monoisotopic (exact) mass is 254 g/mol. The van der Waals surface area contributed by atoms with Crippen molar-refractivity contribution in [3.8, 4) is 5.75 Å². The Morgan fingerprint density at radius 3 is 2.89 bits per heavy atom. The van der Waals surface area contributed by atoms with Crippen molar-refractivity contribution in [2.24, 2.45) is 5.73 Å². The van der Waals surface area contributed by atoms with E-state index >= 15 is 0 Å². The lowest BCUT2D eigenvalue weighted by atomic mass is 10.1. The third-order valence-corrected chi connectivity index (χ3v) is 3.01. The molecule has 0 saturated heterocycles. The maximum atomic E-state index is 5.69. The number of aromatic nitrogens is 1. The third-order valence-electron chi connectivity index (χ3n) is 3.01. The van der Waals surface area contributed by atoms with E-state index in [1.54, 1.807) is 18.7 Å². The first-order valence-corrected chi connectivity index (χ1v) is 6.09. The van der Waals surface area contributed by atoms with Crippen LogP contribution in [0, 0.1) is 0 Å². The molecular weight excluding hydrogens is 240 g/mol. The molecule has 2 aromatic heterocycles. The average Bonchev–Trinajstić information content (AvgIpc) is 2.89. The molecular formula is C15H14N2O2. The largest absolute Gasteiger partial charge is 0.487 e. The van der Waals surface area contributed by atoms with Crippen molar-refractivity contribution >= 4 is 11.0 Å². The molecule has 3 aromatic rings. The van der Waals surface area contributed by atoms with Gasteiger partial charge in [0.15, 0.2) is 0 Å². The van der Waals surface area contributed by atoms with Gasteiger partial charge >= 0.3 is 0 Å². The molecule has 96 valence electrons. The van der Waals surface area contributed by atoms with Crippen LogP contribution in [0.25, 0.3) is 11.0 Å². The zero-order valence-corrected chi connectivity index (χ0v) is 10.4. The molecule has 0 aliphatic carbocycles. The summed E-state index contributed by atoms with van der Waals surface area (Å²) >= 11 is 0. The Balaban J connectivity index is 1.86. The molecule has 1 aromatic carbocycles. The first kappa shape index (κ1) is 11.7. The highest BCUT2D eigenvalue weighted by atomic mass is 16.5. The number of fused-ring (bicyclic) bond motifs is 1. The standard InChI is InChI=1S/C15H14N2O2/c16-7-11-3-1-5-14-12(10-19-15(11)14)9-18-13-4-2-6-17-8-13/h1-6,8,10H,7,9,16H2. The minimum atomic E-state index is 0.451. The number of pyridine rings is 1. The van der Waals surface area contributed by atoms with E-state index in [1.807, 2.05) is 30.3 Å². The number of para-hydroxylation sites is 1. The molecule has 0 atom stereocenters. The minimum Gasteiger partial charge on any atom is -0.487 e. The highest BCUT2D eigenvalue weighted by Gasteiger charge is 2.09. The molecule has 0 bridgehead atoms. The van der Waals surface area contributed by atoms with E-state index in [1.165, 1.54) is 0 Å². The van der Waals surface area contributed by atoms with Crippen LogP contribution in [0.15, 0.2) is 53.4 Å². The third kappa shape index (κ3) is 2.30. The van der Waals surface area contributed by atoms with E-state index in [0.29, 0.717) is 13.2 Å². The fourth-order valence-electron chi connectivity index (χ4n) is 2.04. The Hall–Kier alpha value is -2.33. The summed E-state index contributed by atoms with van der Waals surface area (Å²) in [6.45, 7) is 0.917. The van der Waals surface area contributed by atoms with Gasteiger partial charge in [-0.05, 0) is 12.1 Å². The van der Waals surface area contributed by atoms with Crippen LogP contribution in [0.5, 0.6) is 5.75 Å². The molecule has 3 rings (SSSR count). The van der Waals surface area contributed by atoms with Crippen LogP contribution in [-0.2, 0) is 13.2 Å². The minimum absolute atomic E-state index is 0.451. The van der Waals surface area contributed by atoms with Crippen molar-refractivity contribution < 1.29 is 9.15 Å². The SMILES string of the molecule is NCc1cccc2c(COc3cccnc3)coc12. The number of furan rings is 1. The van der Waals surface area contributed by atoms with Gasteiger partial charge in [-0.1, -0.05) is 18.2 Å². The molecule has 0 aliphatic rings. The van der Waals surface area contributed by atoms with Crippen molar-refractivity contribution in [1.29, 1.82) is 0 Å². The quantitative estimate of drug-likeness (QED) is 0.777. The van der Waals surface area contributed by atoms with Gasteiger partial charge in [0, 0.05) is 29.3 Å². The van der Waals surface area contributed by atoms with Gasteiger partial charge in [0.25, 0.3) is 0 Å². The first-order chi connectivity index (χ1) is 9.38. The van der Waals surface area contributed by atoms with Gasteiger partial charge in [-0.2, -0.15) is 0 Å². The Kier molecular flexibility index (Phi) is 3.16. The zero-order chi connectivity index (χ0) is 13.1. The molecule has 2 heterocycles. The molecule has 0 radical (unpaired) electrons. The maximum absolute atomic E-state index is 5.69. The molecule has 4 nitrogen and oxygen atoms in total. The number of benzene rings is 1. The van der Waals surface area contributed by atoms with Gasteiger partial charge in [0.05, 0.1) is 12.5 Å². The first-order valence-electron chi connectivity index (χ1n) is 6.09. The van der Waals surface area contributed by atoms with E-state index < -0.39 is 0 Å². The topological polar surface area (TPSA) is 61.3 Å². The van der Waals surface area contributed by atoms with Gasteiger partial charge in [-0.25, -0.2) is 0 Å². The number of nitrogens with two attached hydrogens (primary N) is 1. The van der Waals surface area contributed by atoms with E-state index in [0.717, 1.165) is 27.8 Å². The van der Waals surface area contributed by atoms with Gasteiger partial charge in [-0.3, -0.25) is 4.98 Å². The second kappa shape index (κ2) is 5.12. The van der Waals surface area contributed by atoms with Crippen LogP contribution in [0.3, 0.4) is 0 Å². The van der Waals surface area contributed by atoms with Crippen LogP contribution in [0.4, 0.5) is 0 Å². The Labute approximate surface area is 110 Å². The van der Waals surface area contributed by atoms with Crippen LogP contribution in [0.2, 0.25) is 0 Å². The molecule has 2 N–H and O–H groups in total. The lowest BCUT2D eigenvalue weighted by Crippen LogP contribution is -1.97. The molecule has 0 unspecified atom stereocenters. The summed E-state index contributed by atoms with van der Waals surface area (Å²) in [6.07, 6.45) is 5.13. The fourth-order valence-corrected chi connectivity index (χ4v) is 2.04. The molecule has 0 amide bonds. The fraction of sp³-hybridized carbons (Fsp3) is 0.133. The lowest BCUT2D eigenvalue weighted by molar-refractivity contribution is 0.304. The number of hydrogen-bond acceptors (Lipinski definition) is 4. The number of ether oxygens (including phenoxy) is 1. The normalized spacial score (nSPS) is 10.8. The molecule has 0 spiro atoms. The summed E-state index contributed by atoms with van der Waals surface area (Å²) in [6, 6.07) is 9.68. The maximum Gasteiger partial charge on any atom is 0.138 e. The number of nitrogens with zero attached hydrogens (tertiary/aromatic N) is 1. The molecule has 0 saturated carbocycles. The van der Waals surface area contributed by atoms with Crippen molar-refractivity contribution in [2.45, 2.75) is 13.2 Å². The Morgan fingerprint density at radius 2 is 2.11 bits per heavy atom. The van der Waals surface area contributed by atoms with Gasteiger partial charge in [0.2, 0.25) is 0 Å². The second-order valence-electron chi connectivity index (χ2n) is 4.24. The zero-order valence-electron chi connectivity index (χ0n) is 10.4. The van der Waals surface area contributed by atoms with Gasteiger partial charge in [-0.15, -0.1) is 0 Å². The molecule has 0 aliphatic heterocycles. The van der Waals surface area contributed by atoms with E-state index in [9.17, 15) is 0 Å². The summed E-state index contributed by atoms with van der Waals surface area (Å²) in [4.78, 5) is 4.01. The van der Waals surface area contributed by atoms with Crippen LogP contribution in [-0.4, -0.2) is 4.98 Å². The number of hydrogen-bond donors (Lipinski definition) is 1.